The highest BCUT2D eigenvalue weighted by Crippen LogP contribution is 2.23. The molecule has 1 aliphatic heterocycles. The largest absolute Gasteiger partial charge is 0.379 e. The van der Waals surface area contributed by atoms with Crippen molar-refractivity contribution in [2.75, 3.05) is 13.2 Å². The van der Waals surface area contributed by atoms with Crippen LogP contribution in [0.1, 0.15) is 49.7 Å². The van der Waals surface area contributed by atoms with Crippen LogP contribution in [0.15, 0.2) is 12.1 Å². The highest BCUT2D eigenvalue weighted by atomic mass is 35.5. The number of nitrogens with one attached hydrogen (secondary N) is 1. The van der Waals surface area contributed by atoms with Gasteiger partial charge < -0.3 is 10.1 Å². The number of amides is 1. The first-order chi connectivity index (χ1) is 9.36. The third-order valence-corrected chi connectivity index (χ3v) is 3.51. The summed E-state index contributed by atoms with van der Waals surface area (Å²) in [6.07, 6.45) is 1.94. The van der Waals surface area contributed by atoms with E-state index in [1.54, 1.807) is 6.07 Å². The van der Waals surface area contributed by atoms with Gasteiger partial charge in [-0.15, -0.1) is 0 Å². The van der Waals surface area contributed by atoms with Crippen LogP contribution in [0.2, 0.25) is 5.15 Å². The normalized spacial score (nSPS) is 19.7. The van der Waals surface area contributed by atoms with Gasteiger partial charge in [-0.3, -0.25) is 4.79 Å². The quantitative estimate of drug-likeness (QED) is 0.854. The lowest BCUT2D eigenvalue weighted by molar-refractivity contribution is 0.0624. The van der Waals surface area contributed by atoms with Crippen molar-refractivity contribution in [1.82, 2.24) is 10.3 Å². The number of nitrogens with zero attached hydrogens (tertiary/aromatic N) is 1. The lowest BCUT2D eigenvalue weighted by atomic mass is 9.91. The second-order valence-electron chi connectivity index (χ2n) is 6.20. The van der Waals surface area contributed by atoms with Crippen molar-refractivity contribution in [3.63, 3.8) is 0 Å². The molecule has 5 heteroatoms. The highest BCUT2D eigenvalue weighted by molar-refractivity contribution is 6.29. The lowest BCUT2D eigenvalue weighted by Crippen LogP contribution is -2.40. The van der Waals surface area contributed by atoms with E-state index in [1.807, 2.05) is 26.8 Å². The van der Waals surface area contributed by atoms with Gasteiger partial charge in [-0.1, -0.05) is 32.4 Å². The van der Waals surface area contributed by atoms with Crippen molar-refractivity contribution < 1.29 is 9.53 Å². The van der Waals surface area contributed by atoms with E-state index in [1.165, 1.54) is 0 Å². The molecule has 1 N–H and O–H groups in total. The third-order valence-electron chi connectivity index (χ3n) is 3.32. The Hall–Kier alpha value is -1.13. The molecule has 1 aliphatic rings. The minimum Gasteiger partial charge on any atom is -0.379 e. The van der Waals surface area contributed by atoms with Crippen LogP contribution in [0, 0.1) is 0 Å². The number of ether oxygens (including phenoxy) is 1. The molecule has 4 nitrogen and oxygen atoms in total. The maximum atomic E-state index is 12.3. The molecule has 2 heterocycles. The second-order valence-corrected chi connectivity index (χ2v) is 6.59. The summed E-state index contributed by atoms with van der Waals surface area (Å²) in [4.78, 5) is 16.6. The van der Waals surface area contributed by atoms with Gasteiger partial charge in [0.05, 0.1) is 12.6 Å². The average molecular weight is 297 g/mol. The monoisotopic (exact) mass is 296 g/mol. The zero-order valence-corrected chi connectivity index (χ0v) is 13.0. The van der Waals surface area contributed by atoms with Crippen molar-refractivity contribution in [2.45, 2.75) is 45.1 Å². The van der Waals surface area contributed by atoms with Gasteiger partial charge in [-0.25, -0.2) is 4.98 Å². The van der Waals surface area contributed by atoms with E-state index < -0.39 is 0 Å². The van der Waals surface area contributed by atoms with E-state index in [-0.39, 0.29) is 17.4 Å². The first kappa shape index (κ1) is 15.3. The molecule has 1 aromatic heterocycles. The standard InChI is InChI=1S/C15H21ClN2O2/c1-15(2,3)12-7-10(8-13(16)18-12)14(19)17-11-5-4-6-20-9-11/h7-8,11H,4-6,9H2,1-3H3,(H,17,19). The van der Waals surface area contributed by atoms with Crippen LogP contribution in [-0.2, 0) is 10.2 Å². The Morgan fingerprint density at radius 2 is 2.20 bits per heavy atom. The van der Waals surface area contributed by atoms with E-state index in [0.717, 1.165) is 25.1 Å². The number of hydrogen-bond acceptors (Lipinski definition) is 3. The Kier molecular flexibility index (Phi) is 4.66. The first-order valence-electron chi connectivity index (χ1n) is 6.93. The number of carbonyl (C=O) groups is 1. The molecule has 1 amide bonds. The van der Waals surface area contributed by atoms with E-state index in [2.05, 4.69) is 10.3 Å². The smallest absolute Gasteiger partial charge is 0.251 e. The fourth-order valence-corrected chi connectivity index (χ4v) is 2.34. The van der Waals surface area contributed by atoms with Gasteiger partial charge in [0.1, 0.15) is 5.15 Å². The molecule has 20 heavy (non-hydrogen) atoms. The Bertz CT molecular complexity index is 491. The summed E-state index contributed by atoms with van der Waals surface area (Å²) in [7, 11) is 0. The molecule has 2 rings (SSSR count). The number of hydrogen-bond donors (Lipinski definition) is 1. The molecular weight excluding hydrogens is 276 g/mol. The van der Waals surface area contributed by atoms with Gasteiger partial charge in [0, 0.05) is 23.3 Å². The van der Waals surface area contributed by atoms with E-state index in [9.17, 15) is 4.79 Å². The molecule has 0 aliphatic carbocycles. The van der Waals surface area contributed by atoms with Gasteiger partial charge in [0.2, 0.25) is 0 Å². The van der Waals surface area contributed by atoms with E-state index in [0.29, 0.717) is 17.3 Å². The summed E-state index contributed by atoms with van der Waals surface area (Å²) in [6, 6.07) is 3.50. The van der Waals surface area contributed by atoms with Crippen LogP contribution < -0.4 is 5.32 Å². The van der Waals surface area contributed by atoms with Crippen LogP contribution in [0.4, 0.5) is 0 Å². The lowest BCUT2D eigenvalue weighted by Gasteiger charge is -2.24. The summed E-state index contributed by atoms with van der Waals surface area (Å²) in [5.74, 6) is -0.115. The minimum absolute atomic E-state index is 0.0845. The molecule has 0 spiro atoms. The summed E-state index contributed by atoms with van der Waals surface area (Å²) < 4.78 is 5.37. The predicted octanol–water partition coefficient (Wildman–Crippen LogP) is 2.94. The average Bonchev–Trinajstić information content (AvgIpc) is 2.38. The van der Waals surface area contributed by atoms with Crippen LogP contribution >= 0.6 is 11.6 Å². The Balaban J connectivity index is 2.14. The number of rotatable bonds is 2. The number of halogens is 1. The van der Waals surface area contributed by atoms with E-state index in [4.69, 9.17) is 16.3 Å². The Morgan fingerprint density at radius 1 is 1.45 bits per heavy atom. The summed E-state index contributed by atoms with van der Waals surface area (Å²) >= 11 is 6.03. The van der Waals surface area contributed by atoms with Crippen molar-refractivity contribution >= 4 is 17.5 Å². The Labute approximate surface area is 124 Å². The van der Waals surface area contributed by atoms with Crippen molar-refractivity contribution in [2.24, 2.45) is 0 Å². The first-order valence-corrected chi connectivity index (χ1v) is 7.31. The van der Waals surface area contributed by atoms with Crippen molar-refractivity contribution in [1.29, 1.82) is 0 Å². The fourth-order valence-electron chi connectivity index (χ4n) is 2.14. The van der Waals surface area contributed by atoms with Gasteiger partial charge >= 0.3 is 0 Å². The summed E-state index contributed by atoms with van der Waals surface area (Å²) in [5, 5.41) is 3.34. The van der Waals surface area contributed by atoms with Crippen molar-refractivity contribution in [3.05, 3.63) is 28.5 Å². The zero-order valence-electron chi connectivity index (χ0n) is 12.2. The predicted molar refractivity (Wildman–Crippen MR) is 79.3 cm³/mol. The molecule has 1 saturated heterocycles. The maximum Gasteiger partial charge on any atom is 0.251 e. The highest BCUT2D eigenvalue weighted by Gasteiger charge is 2.21. The fraction of sp³-hybridized carbons (Fsp3) is 0.600. The number of aromatic nitrogens is 1. The SMILES string of the molecule is CC(C)(C)c1cc(C(=O)NC2CCCOC2)cc(Cl)n1. The van der Waals surface area contributed by atoms with E-state index >= 15 is 0 Å². The molecule has 110 valence electrons. The van der Waals surface area contributed by atoms with Crippen LogP contribution in [0.3, 0.4) is 0 Å². The van der Waals surface area contributed by atoms with Crippen LogP contribution in [0.5, 0.6) is 0 Å². The second kappa shape index (κ2) is 6.10. The summed E-state index contributed by atoms with van der Waals surface area (Å²) in [6.45, 7) is 7.49. The molecule has 0 bridgehead atoms. The molecule has 1 unspecified atom stereocenters. The molecule has 0 saturated carbocycles. The molecular formula is C15H21ClN2O2. The third kappa shape index (κ3) is 3.93. The number of carbonyl (C=O) groups excluding carboxylic acids is 1. The topological polar surface area (TPSA) is 51.2 Å². The maximum absolute atomic E-state index is 12.3. The Morgan fingerprint density at radius 3 is 2.80 bits per heavy atom. The minimum atomic E-state index is -0.145. The van der Waals surface area contributed by atoms with Gasteiger partial charge in [0.15, 0.2) is 0 Å². The molecule has 1 fully saturated rings. The molecule has 0 aromatic carbocycles. The van der Waals surface area contributed by atoms with Gasteiger partial charge in [-0.2, -0.15) is 0 Å². The van der Waals surface area contributed by atoms with Crippen LogP contribution in [0.25, 0.3) is 0 Å². The molecule has 1 aromatic rings. The molecule has 1 atom stereocenters. The van der Waals surface area contributed by atoms with Gasteiger partial charge in [-0.05, 0) is 25.0 Å². The molecule has 0 radical (unpaired) electrons. The van der Waals surface area contributed by atoms with Crippen LogP contribution in [-0.4, -0.2) is 30.1 Å². The number of pyridine rings is 1. The van der Waals surface area contributed by atoms with Gasteiger partial charge in [0.25, 0.3) is 5.91 Å². The summed E-state index contributed by atoms with van der Waals surface area (Å²) in [5.41, 5.74) is 1.23. The zero-order chi connectivity index (χ0) is 14.8. The van der Waals surface area contributed by atoms with Crippen molar-refractivity contribution in [3.8, 4) is 0 Å².